The largest absolute Gasteiger partial charge is 0.338 e. The highest BCUT2D eigenvalue weighted by Crippen LogP contribution is 2.55. The van der Waals surface area contributed by atoms with Gasteiger partial charge in [-0.1, -0.05) is 41.4 Å². The molecule has 29 heavy (non-hydrogen) atoms. The summed E-state index contributed by atoms with van der Waals surface area (Å²) in [5.74, 6) is -1.58. The maximum absolute atomic E-state index is 15.2. The number of halogens is 3. The van der Waals surface area contributed by atoms with Gasteiger partial charge < -0.3 is 10.2 Å². The summed E-state index contributed by atoms with van der Waals surface area (Å²) < 4.78 is 15.2. The molecular formula is C21H18Cl2FN3O2. The summed E-state index contributed by atoms with van der Waals surface area (Å²) in [4.78, 5) is 27.5. The Hall–Kier alpha value is -2.15. The molecule has 3 aliphatic rings. The number of nitrogens with one attached hydrogen (secondary N) is 2. The molecule has 5 nitrogen and oxygen atoms in total. The number of hydrogen-bond donors (Lipinski definition) is 2. The number of anilines is 1. The topological polar surface area (TPSA) is 61.4 Å². The van der Waals surface area contributed by atoms with Gasteiger partial charge in [-0.2, -0.15) is 0 Å². The fourth-order valence-corrected chi connectivity index (χ4v) is 5.68. The Morgan fingerprint density at radius 2 is 2.07 bits per heavy atom. The number of rotatable bonds is 1. The van der Waals surface area contributed by atoms with Crippen LogP contribution in [-0.2, 0) is 15.1 Å². The minimum absolute atomic E-state index is 0.0109. The molecule has 2 aromatic carbocycles. The first-order valence-corrected chi connectivity index (χ1v) is 10.2. The van der Waals surface area contributed by atoms with E-state index < -0.39 is 17.3 Å². The lowest BCUT2D eigenvalue weighted by Gasteiger charge is -2.36. The van der Waals surface area contributed by atoms with E-state index in [0.717, 1.165) is 0 Å². The van der Waals surface area contributed by atoms with Crippen LogP contribution in [0.2, 0.25) is 10.0 Å². The summed E-state index contributed by atoms with van der Waals surface area (Å²) >= 11 is 12.2. The maximum atomic E-state index is 15.2. The monoisotopic (exact) mass is 433 g/mol. The van der Waals surface area contributed by atoms with Crippen molar-refractivity contribution in [3.63, 3.8) is 0 Å². The SMILES string of the molecule is CC(=O)N1CC[C@@H]2N[C@@]3(C(=O)Nc4cc(Cl)ccc43)[C@@H](c3cccc(Cl)c3F)C21. The third-order valence-corrected chi connectivity index (χ3v) is 6.94. The Kier molecular flexibility index (Phi) is 4.18. The molecule has 2 aromatic rings. The van der Waals surface area contributed by atoms with Crippen molar-refractivity contribution in [2.45, 2.75) is 36.9 Å². The van der Waals surface area contributed by atoms with Crippen molar-refractivity contribution in [2.75, 3.05) is 11.9 Å². The van der Waals surface area contributed by atoms with Gasteiger partial charge in [-0.3, -0.25) is 14.9 Å². The Balaban J connectivity index is 1.77. The second-order valence-corrected chi connectivity index (χ2v) is 8.66. The van der Waals surface area contributed by atoms with Gasteiger partial charge in [0.1, 0.15) is 11.4 Å². The van der Waals surface area contributed by atoms with E-state index in [0.29, 0.717) is 34.8 Å². The fraction of sp³-hybridized carbons (Fsp3) is 0.333. The van der Waals surface area contributed by atoms with Crippen LogP contribution in [0.15, 0.2) is 36.4 Å². The maximum Gasteiger partial charge on any atom is 0.250 e. The molecule has 150 valence electrons. The van der Waals surface area contributed by atoms with Crippen molar-refractivity contribution >= 4 is 40.7 Å². The van der Waals surface area contributed by atoms with Gasteiger partial charge in [0.25, 0.3) is 0 Å². The van der Waals surface area contributed by atoms with E-state index in [-0.39, 0.29) is 28.9 Å². The normalized spacial score (nSPS) is 29.9. The summed E-state index contributed by atoms with van der Waals surface area (Å²) in [6.07, 6.45) is 0.681. The van der Waals surface area contributed by atoms with Crippen LogP contribution in [0.4, 0.5) is 10.1 Å². The zero-order valence-electron chi connectivity index (χ0n) is 15.5. The van der Waals surface area contributed by atoms with E-state index in [1.807, 2.05) is 0 Å². The molecule has 0 bridgehead atoms. The molecule has 2 saturated heterocycles. The van der Waals surface area contributed by atoms with E-state index in [4.69, 9.17) is 23.2 Å². The van der Waals surface area contributed by atoms with Gasteiger partial charge in [-0.25, -0.2) is 4.39 Å². The van der Waals surface area contributed by atoms with Gasteiger partial charge in [0.05, 0.1) is 11.1 Å². The molecule has 5 rings (SSSR count). The van der Waals surface area contributed by atoms with Crippen LogP contribution in [0, 0.1) is 5.82 Å². The van der Waals surface area contributed by atoms with Crippen molar-refractivity contribution in [2.24, 2.45) is 0 Å². The molecular weight excluding hydrogens is 416 g/mol. The van der Waals surface area contributed by atoms with Crippen molar-refractivity contribution < 1.29 is 14.0 Å². The van der Waals surface area contributed by atoms with Crippen LogP contribution in [0.25, 0.3) is 0 Å². The molecule has 1 unspecified atom stereocenters. The quantitative estimate of drug-likeness (QED) is 0.721. The average Bonchev–Trinajstić information content (AvgIpc) is 3.29. The van der Waals surface area contributed by atoms with E-state index in [9.17, 15) is 9.59 Å². The van der Waals surface area contributed by atoms with Crippen LogP contribution in [-0.4, -0.2) is 35.3 Å². The van der Waals surface area contributed by atoms with E-state index in [1.54, 1.807) is 35.2 Å². The molecule has 2 N–H and O–H groups in total. The molecule has 2 fully saturated rings. The Bertz CT molecular complexity index is 1060. The number of carbonyl (C=O) groups is 2. The molecule has 0 aliphatic carbocycles. The number of amides is 2. The first kappa shape index (κ1) is 18.9. The summed E-state index contributed by atoms with van der Waals surface area (Å²) in [6, 6.07) is 9.48. The minimum Gasteiger partial charge on any atom is -0.338 e. The highest BCUT2D eigenvalue weighted by Gasteiger charge is 2.65. The number of nitrogens with zero attached hydrogens (tertiary/aromatic N) is 1. The second-order valence-electron chi connectivity index (χ2n) is 7.82. The van der Waals surface area contributed by atoms with Gasteiger partial charge in [-0.15, -0.1) is 0 Å². The van der Waals surface area contributed by atoms with Gasteiger partial charge in [-0.05, 0) is 30.2 Å². The van der Waals surface area contributed by atoms with E-state index in [1.165, 1.54) is 13.0 Å². The molecule has 2 amide bonds. The van der Waals surface area contributed by atoms with Crippen LogP contribution < -0.4 is 10.6 Å². The lowest BCUT2D eigenvalue weighted by Crippen LogP contribution is -2.50. The number of likely N-dealkylation sites (tertiary alicyclic amines) is 1. The predicted octanol–water partition coefficient (Wildman–Crippen LogP) is 3.66. The number of fused-ring (bicyclic) bond motifs is 3. The van der Waals surface area contributed by atoms with Gasteiger partial charge in [0.15, 0.2) is 0 Å². The van der Waals surface area contributed by atoms with Crippen molar-refractivity contribution in [1.82, 2.24) is 10.2 Å². The molecule has 0 radical (unpaired) electrons. The lowest BCUT2D eigenvalue weighted by atomic mass is 9.74. The number of benzene rings is 2. The van der Waals surface area contributed by atoms with Gasteiger partial charge >= 0.3 is 0 Å². The summed E-state index contributed by atoms with van der Waals surface area (Å²) in [6.45, 7) is 2.06. The Morgan fingerprint density at radius 3 is 2.83 bits per heavy atom. The number of carbonyl (C=O) groups excluding carboxylic acids is 2. The third kappa shape index (κ3) is 2.49. The van der Waals surface area contributed by atoms with E-state index in [2.05, 4.69) is 10.6 Å². The van der Waals surface area contributed by atoms with Gasteiger partial charge in [0, 0.05) is 41.7 Å². The van der Waals surface area contributed by atoms with Gasteiger partial charge in [0.2, 0.25) is 11.8 Å². The molecule has 0 aromatic heterocycles. The molecule has 3 heterocycles. The standard InChI is InChI=1S/C21H18Cl2FN3O2/c1-10(28)27-8-7-15-19(27)17(12-3-2-4-14(23)18(12)24)21(26-15)13-6-5-11(22)9-16(13)25-20(21)29/h2-6,9,15,17,19,26H,7-8H2,1H3,(H,25,29)/t15-,17-,19?,21+/m0/s1. The predicted molar refractivity (Wildman–Crippen MR) is 109 cm³/mol. The van der Waals surface area contributed by atoms with Crippen molar-refractivity contribution in [3.8, 4) is 0 Å². The fourth-order valence-electron chi connectivity index (χ4n) is 5.33. The average molecular weight is 434 g/mol. The molecule has 8 heteroatoms. The highest BCUT2D eigenvalue weighted by molar-refractivity contribution is 6.31. The van der Waals surface area contributed by atoms with Crippen LogP contribution in [0.5, 0.6) is 0 Å². The zero-order valence-corrected chi connectivity index (χ0v) is 17.0. The third-order valence-electron chi connectivity index (χ3n) is 6.41. The first-order chi connectivity index (χ1) is 13.8. The van der Waals surface area contributed by atoms with Crippen LogP contribution in [0.1, 0.15) is 30.4 Å². The lowest BCUT2D eigenvalue weighted by molar-refractivity contribution is -0.131. The molecule has 0 saturated carbocycles. The Morgan fingerprint density at radius 1 is 1.28 bits per heavy atom. The number of hydrogen-bond acceptors (Lipinski definition) is 3. The van der Waals surface area contributed by atoms with E-state index >= 15 is 4.39 Å². The molecule has 1 spiro atoms. The van der Waals surface area contributed by atoms with Crippen LogP contribution in [0.3, 0.4) is 0 Å². The highest BCUT2D eigenvalue weighted by atomic mass is 35.5. The summed E-state index contributed by atoms with van der Waals surface area (Å²) in [7, 11) is 0. The summed E-state index contributed by atoms with van der Waals surface area (Å²) in [5, 5.41) is 6.85. The van der Waals surface area contributed by atoms with Crippen molar-refractivity contribution in [1.29, 1.82) is 0 Å². The van der Waals surface area contributed by atoms with Crippen LogP contribution >= 0.6 is 23.2 Å². The first-order valence-electron chi connectivity index (χ1n) is 9.45. The summed E-state index contributed by atoms with van der Waals surface area (Å²) in [5.41, 5.74) is 0.407. The molecule has 4 atom stereocenters. The minimum atomic E-state index is -1.21. The smallest absolute Gasteiger partial charge is 0.250 e. The van der Waals surface area contributed by atoms with Crippen molar-refractivity contribution in [3.05, 3.63) is 63.4 Å². The Labute approximate surface area is 177 Å². The molecule has 3 aliphatic heterocycles. The zero-order chi connectivity index (χ0) is 20.5. The second kappa shape index (κ2) is 6.42.